The topological polar surface area (TPSA) is 12.5 Å². The predicted molar refractivity (Wildman–Crippen MR) is 63.8 cm³/mol. The number of ether oxygens (including phenoxy) is 1. The summed E-state index contributed by atoms with van der Waals surface area (Å²) in [4.78, 5) is 2.29. The Morgan fingerprint density at radius 3 is 3.07 bits per heavy atom. The maximum absolute atomic E-state index is 5.82. The Labute approximate surface area is 91.9 Å². The van der Waals surface area contributed by atoms with E-state index in [9.17, 15) is 0 Å². The van der Waals surface area contributed by atoms with E-state index in [1.54, 1.807) is 0 Å². The second-order valence-electron chi connectivity index (χ2n) is 4.14. The molecular formula is C13H19NO. The lowest BCUT2D eigenvalue weighted by Crippen LogP contribution is -2.13. The molecule has 82 valence electrons. The Hall–Kier alpha value is -1.18. The highest BCUT2D eigenvalue weighted by atomic mass is 16.5. The van der Waals surface area contributed by atoms with Crippen LogP contribution < -0.4 is 9.64 Å². The van der Waals surface area contributed by atoms with Crippen molar-refractivity contribution in [3.8, 4) is 5.75 Å². The van der Waals surface area contributed by atoms with Crippen molar-refractivity contribution in [3.05, 3.63) is 23.8 Å². The second kappa shape index (κ2) is 4.56. The summed E-state index contributed by atoms with van der Waals surface area (Å²) in [6, 6.07) is 6.38. The quantitative estimate of drug-likeness (QED) is 0.701. The summed E-state index contributed by atoms with van der Waals surface area (Å²) >= 11 is 0. The van der Waals surface area contributed by atoms with Crippen LogP contribution in [0.5, 0.6) is 5.75 Å². The molecule has 0 spiro atoms. The largest absolute Gasteiger partial charge is 0.491 e. The molecule has 0 unspecified atom stereocenters. The summed E-state index contributed by atoms with van der Waals surface area (Å²) in [5, 5.41) is 0. The molecule has 0 amide bonds. The van der Waals surface area contributed by atoms with Gasteiger partial charge in [-0.25, -0.2) is 0 Å². The molecule has 0 N–H and O–H groups in total. The molecule has 1 aliphatic rings. The van der Waals surface area contributed by atoms with Gasteiger partial charge in [0.1, 0.15) is 5.75 Å². The van der Waals surface area contributed by atoms with Crippen LogP contribution in [0.25, 0.3) is 0 Å². The van der Waals surface area contributed by atoms with E-state index in [1.807, 2.05) is 0 Å². The molecule has 1 aliphatic heterocycles. The first-order valence-corrected chi connectivity index (χ1v) is 5.78. The zero-order chi connectivity index (χ0) is 10.7. The molecule has 0 saturated carbocycles. The molecule has 2 nitrogen and oxygen atoms in total. The van der Waals surface area contributed by atoms with Gasteiger partial charge >= 0.3 is 0 Å². The monoisotopic (exact) mass is 205 g/mol. The number of fused-ring (bicyclic) bond motifs is 1. The SMILES string of the molecule is CCCCOc1cccc2c1N(C)CC2. The number of benzene rings is 1. The third-order valence-electron chi connectivity index (χ3n) is 2.94. The molecule has 0 aromatic heterocycles. The van der Waals surface area contributed by atoms with Crippen LogP contribution in [0.1, 0.15) is 25.3 Å². The Bertz CT molecular complexity index is 335. The molecule has 0 bridgehead atoms. The van der Waals surface area contributed by atoms with E-state index in [0.717, 1.165) is 31.7 Å². The van der Waals surface area contributed by atoms with E-state index in [1.165, 1.54) is 17.7 Å². The Morgan fingerprint density at radius 2 is 2.27 bits per heavy atom. The van der Waals surface area contributed by atoms with E-state index in [4.69, 9.17) is 4.74 Å². The molecule has 0 fully saturated rings. The van der Waals surface area contributed by atoms with Crippen molar-refractivity contribution in [2.45, 2.75) is 26.2 Å². The van der Waals surface area contributed by atoms with Crippen molar-refractivity contribution in [1.29, 1.82) is 0 Å². The van der Waals surface area contributed by atoms with Gasteiger partial charge in [0.15, 0.2) is 0 Å². The van der Waals surface area contributed by atoms with Crippen LogP contribution in [0, 0.1) is 0 Å². The van der Waals surface area contributed by atoms with Gasteiger partial charge in [0.05, 0.1) is 12.3 Å². The smallest absolute Gasteiger partial charge is 0.142 e. The fraction of sp³-hybridized carbons (Fsp3) is 0.538. The molecule has 1 aromatic rings. The summed E-state index contributed by atoms with van der Waals surface area (Å²) in [5.74, 6) is 1.06. The first-order chi connectivity index (χ1) is 7.33. The highest BCUT2D eigenvalue weighted by Crippen LogP contribution is 2.36. The van der Waals surface area contributed by atoms with Gasteiger partial charge in [-0.15, -0.1) is 0 Å². The number of rotatable bonds is 4. The molecule has 1 aromatic carbocycles. The average molecular weight is 205 g/mol. The van der Waals surface area contributed by atoms with E-state index in [0.29, 0.717) is 0 Å². The molecule has 0 radical (unpaired) electrons. The van der Waals surface area contributed by atoms with Crippen molar-refractivity contribution in [2.24, 2.45) is 0 Å². The van der Waals surface area contributed by atoms with Crippen molar-refractivity contribution in [3.63, 3.8) is 0 Å². The predicted octanol–water partition coefficient (Wildman–Crippen LogP) is 2.86. The number of para-hydroxylation sites is 1. The molecule has 0 atom stereocenters. The minimum absolute atomic E-state index is 0.834. The molecule has 0 saturated heterocycles. The first-order valence-electron chi connectivity index (χ1n) is 5.78. The highest BCUT2D eigenvalue weighted by Gasteiger charge is 2.19. The lowest BCUT2D eigenvalue weighted by atomic mass is 10.1. The summed E-state index contributed by atoms with van der Waals surface area (Å²) in [5.41, 5.74) is 2.72. The van der Waals surface area contributed by atoms with Crippen molar-refractivity contribution in [2.75, 3.05) is 25.1 Å². The van der Waals surface area contributed by atoms with Gasteiger partial charge in [0.25, 0.3) is 0 Å². The number of nitrogens with zero attached hydrogens (tertiary/aromatic N) is 1. The van der Waals surface area contributed by atoms with Gasteiger partial charge in [0, 0.05) is 13.6 Å². The Balaban J connectivity index is 2.14. The summed E-state index contributed by atoms with van der Waals surface area (Å²) < 4.78 is 5.82. The molecule has 2 rings (SSSR count). The summed E-state index contributed by atoms with van der Waals surface area (Å²) in [6.45, 7) is 4.13. The van der Waals surface area contributed by atoms with E-state index in [2.05, 4.69) is 37.1 Å². The van der Waals surface area contributed by atoms with Crippen molar-refractivity contribution >= 4 is 5.69 Å². The second-order valence-corrected chi connectivity index (χ2v) is 4.14. The normalized spacial score (nSPS) is 14.1. The summed E-state index contributed by atoms with van der Waals surface area (Å²) in [6.07, 6.45) is 3.47. The van der Waals surface area contributed by atoms with Crippen LogP contribution in [0.3, 0.4) is 0 Å². The lowest BCUT2D eigenvalue weighted by Gasteiger charge is -2.17. The maximum atomic E-state index is 5.82. The number of unbranched alkanes of at least 4 members (excludes halogenated alkanes) is 1. The molecule has 0 aliphatic carbocycles. The number of likely N-dealkylation sites (N-methyl/N-ethyl adjacent to an activating group) is 1. The zero-order valence-corrected chi connectivity index (χ0v) is 9.62. The Kier molecular flexibility index (Phi) is 3.14. The average Bonchev–Trinajstić information content (AvgIpc) is 2.62. The highest BCUT2D eigenvalue weighted by molar-refractivity contribution is 5.66. The minimum atomic E-state index is 0.834. The Morgan fingerprint density at radius 1 is 1.40 bits per heavy atom. The van der Waals surface area contributed by atoms with Crippen LogP contribution in [-0.4, -0.2) is 20.2 Å². The molecule has 1 heterocycles. The number of hydrogen-bond acceptors (Lipinski definition) is 2. The first kappa shape index (κ1) is 10.3. The van der Waals surface area contributed by atoms with Crippen LogP contribution >= 0.6 is 0 Å². The summed E-state index contributed by atoms with van der Waals surface area (Å²) in [7, 11) is 2.14. The third-order valence-corrected chi connectivity index (χ3v) is 2.94. The number of anilines is 1. The molecular weight excluding hydrogens is 186 g/mol. The maximum Gasteiger partial charge on any atom is 0.142 e. The van der Waals surface area contributed by atoms with Crippen LogP contribution in [0.2, 0.25) is 0 Å². The van der Waals surface area contributed by atoms with Gasteiger partial charge in [-0.2, -0.15) is 0 Å². The van der Waals surface area contributed by atoms with Gasteiger partial charge in [-0.05, 0) is 24.5 Å². The van der Waals surface area contributed by atoms with Gasteiger partial charge in [0.2, 0.25) is 0 Å². The molecule has 2 heteroatoms. The standard InChI is InChI=1S/C13H19NO/c1-3-4-10-15-12-7-5-6-11-8-9-14(2)13(11)12/h5-7H,3-4,8-10H2,1-2H3. The fourth-order valence-electron chi connectivity index (χ4n) is 2.05. The lowest BCUT2D eigenvalue weighted by molar-refractivity contribution is 0.310. The third kappa shape index (κ3) is 2.09. The van der Waals surface area contributed by atoms with E-state index in [-0.39, 0.29) is 0 Å². The van der Waals surface area contributed by atoms with E-state index >= 15 is 0 Å². The van der Waals surface area contributed by atoms with Crippen molar-refractivity contribution < 1.29 is 4.74 Å². The minimum Gasteiger partial charge on any atom is -0.491 e. The fourth-order valence-corrected chi connectivity index (χ4v) is 2.05. The van der Waals surface area contributed by atoms with Gasteiger partial charge in [-0.3, -0.25) is 0 Å². The van der Waals surface area contributed by atoms with Gasteiger partial charge in [-0.1, -0.05) is 25.5 Å². The zero-order valence-electron chi connectivity index (χ0n) is 9.62. The number of hydrogen-bond donors (Lipinski definition) is 0. The van der Waals surface area contributed by atoms with Crippen LogP contribution in [0.15, 0.2) is 18.2 Å². The van der Waals surface area contributed by atoms with Gasteiger partial charge < -0.3 is 9.64 Å². The molecule has 15 heavy (non-hydrogen) atoms. The van der Waals surface area contributed by atoms with E-state index < -0.39 is 0 Å². The van der Waals surface area contributed by atoms with Crippen LogP contribution in [0.4, 0.5) is 5.69 Å². The van der Waals surface area contributed by atoms with Crippen LogP contribution in [-0.2, 0) is 6.42 Å². The van der Waals surface area contributed by atoms with Crippen molar-refractivity contribution in [1.82, 2.24) is 0 Å².